The van der Waals surface area contributed by atoms with Crippen LogP contribution in [0.15, 0.2) is 0 Å². The Morgan fingerprint density at radius 2 is 1.81 bits per heavy atom. The van der Waals surface area contributed by atoms with E-state index in [4.69, 9.17) is 4.74 Å². The van der Waals surface area contributed by atoms with Gasteiger partial charge in [0, 0.05) is 19.0 Å². The highest BCUT2D eigenvalue weighted by molar-refractivity contribution is 5.81. The molecule has 2 fully saturated rings. The largest absolute Gasteiger partial charge is 0.469 e. The normalized spacial score (nSPS) is 29.4. The lowest BCUT2D eigenvalue weighted by Crippen LogP contribution is -2.36. The summed E-state index contributed by atoms with van der Waals surface area (Å²) in [7, 11) is 1.42. The maximum absolute atomic E-state index is 12.6. The van der Waals surface area contributed by atoms with Crippen LogP contribution in [0, 0.1) is 17.8 Å². The highest BCUT2D eigenvalue weighted by Crippen LogP contribution is 2.33. The molecule has 0 N–H and O–H groups in total. The van der Waals surface area contributed by atoms with Gasteiger partial charge in [0.05, 0.1) is 13.0 Å². The Bertz CT molecular complexity index is 361. The van der Waals surface area contributed by atoms with Crippen molar-refractivity contribution in [1.29, 1.82) is 0 Å². The Kier molecular flexibility index (Phi) is 6.07. The molecule has 0 radical (unpaired) electrons. The SMILES string of the molecule is CCCCC1CCC(C(=O)N2CCC(C(=O)OC)C2)CC1. The Morgan fingerprint density at radius 3 is 2.43 bits per heavy atom. The summed E-state index contributed by atoms with van der Waals surface area (Å²) in [6.45, 7) is 3.51. The molecule has 1 aliphatic heterocycles. The molecule has 1 heterocycles. The van der Waals surface area contributed by atoms with Gasteiger partial charge in [-0.2, -0.15) is 0 Å². The number of likely N-dealkylation sites (tertiary alicyclic amines) is 1. The zero-order chi connectivity index (χ0) is 15.2. The topological polar surface area (TPSA) is 46.6 Å². The van der Waals surface area contributed by atoms with Crippen molar-refractivity contribution in [3.63, 3.8) is 0 Å². The number of unbranched alkanes of at least 4 members (excludes halogenated alkanes) is 1. The zero-order valence-electron chi connectivity index (χ0n) is 13.5. The van der Waals surface area contributed by atoms with Gasteiger partial charge in [-0.15, -0.1) is 0 Å². The predicted molar refractivity (Wildman–Crippen MR) is 81.7 cm³/mol. The number of rotatable bonds is 5. The van der Waals surface area contributed by atoms with Gasteiger partial charge in [0.2, 0.25) is 5.91 Å². The van der Waals surface area contributed by atoms with Crippen LogP contribution in [0.25, 0.3) is 0 Å². The number of hydrogen-bond donors (Lipinski definition) is 0. The lowest BCUT2D eigenvalue weighted by molar-refractivity contribution is -0.145. The number of esters is 1. The van der Waals surface area contributed by atoms with E-state index in [0.717, 1.165) is 25.2 Å². The Morgan fingerprint density at radius 1 is 1.10 bits per heavy atom. The third-order valence-electron chi connectivity index (χ3n) is 5.20. The molecule has 0 aromatic heterocycles. The van der Waals surface area contributed by atoms with Crippen molar-refractivity contribution >= 4 is 11.9 Å². The fourth-order valence-electron chi connectivity index (χ4n) is 3.77. The van der Waals surface area contributed by atoms with Crippen molar-refractivity contribution < 1.29 is 14.3 Å². The van der Waals surface area contributed by atoms with Gasteiger partial charge in [-0.1, -0.05) is 26.2 Å². The van der Waals surface area contributed by atoms with Crippen LogP contribution in [-0.4, -0.2) is 37.0 Å². The van der Waals surface area contributed by atoms with Crippen LogP contribution >= 0.6 is 0 Å². The summed E-state index contributed by atoms with van der Waals surface area (Å²) in [5.41, 5.74) is 0. The first-order chi connectivity index (χ1) is 10.2. The van der Waals surface area contributed by atoms with Gasteiger partial charge in [0.15, 0.2) is 0 Å². The number of ether oxygens (including phenoxy) is 1. The fraction of sp³-hybridized carbons (Fsp3) is 0.882. The molecular formula is C17H29NO3. The average molecular weight is 295 g/mol. The van der Waals surface area contributed by atoms with E-state index in [1.165, 1.54) is 39.2 Å². The first kappa shape index (κ1) is 16.3. The summed E-state index contributed by atoms with van der Waals surface area (Å²) in [4.78, 5) is 26.0. The van der Waals surface area contributed by atoms with Crippen LogP contribution in [0.1, 0.15) is 58.3 Å². The van der Waals surface area contributed by atoms with Crippen molar-refractivity contribution in [3.8, 4) is 0 Å². The number of nitrogens with zero attached hydrogens (tertiary/aromatic N) is 1. The Balaban J connectivity index is 1.76. The maximum Gasteiger partial charge on any atom is 0.310 e. The van der Waals surface area contributed by atoms with Gasteiger partial charge in [-0.25, -0.2) is 0 Å². The molecule has 4 nitrogen and oxygen atoms in total. The first-order valence-electron chi connectivity index (χ1n) is 8.52. The zero-order valence-corrected chi connectivity index (χ0v) is 13.5. The monoisotopic (exact) mass is 295 g/mol. The number of carbonyl (C=O) groups excluding carboxylic acids is 2. The van der Waals surface area contributed by atoms with Crippen molar-refractivity contribution in [3.05, 3.63) is 0 Å². The van der Waals surface area contributed by atoms with E-state index < -0.39 is 0 Å². The average Bonchev–Trinajstić information content (AvgIpc) is 3.02. The van der Waals surface area contributed by atoms with Gasteiger partial charge < -0.3 is 9.64 Å². The summed E-state index contributed by atoms with van der Waals surface area (Å²) in [5.74, 6) is 1.01. The molecule has 1 atom stereocenters. The lowest BCUT2D eigenvalue weighted by atomic mass is 9.79. The third kappa shape index (κ3) is 4.21. The third-order valence-corrected chi connectivity index (χ3v) is 5.20. The van der Waals surface area contributed by atoms with E-state index in [9.17, 15) is 9.59 Å². The number of hydrogen-bond acceptors (Lipinski definition) is 3. The van der Waals surface area contributed by atoms with Crippen LogP contribution in [0.2, 0.25) is 0 Å². The minimum Gasteiger partial charge on any atom is -0.469 e. The highest BCUT2D eigenvalue weighted by Gasteiger charge is 2.35. The molecule has 0 aromatic rings. The molecule has 0 bridgehead atoms. The van der Waals surface area contributed by atoms with E-state index in [1.807, 2.05) is 4.90 Å². The molecule has 2 aliphatic rings. The van der Waals surface area contributed by atoms with Crippen LogP contribution < -0.4 is 0 Å². The second kappa shape index (κ2) is 7.81. The molecule has 0 aromatic carbocycles. The minimum atomic E-state index is -0.173. The second-order valence-electron chi connectivity index (χ2n) is 6.65. The van der Waals surface area contributed by atoms with Gasteiger partial charge >= 0.3 is 5.97 Å². The van der Waals surface area contributed by atoms with Crippen LogP contribution in [-0.2, 0) is 14.3 Å². The van der Waals surface area contributed by atoms with Gasteiger partial charge in [0.25, 0.3) is 0 Å². The molecule has 21 heavy (non-hydrogen) atoms. The molecule has 1 saturated heterocycles. The van der Waals surface area contributed by atoms with Gasteiger partial charge in [-0.05, 0) is 38.0 Å². The molecule has 1 saturated carbocycles. The van der Waals surface area contributed by atoms with E-state index in [0.29, 0.717) is 13.1 Å². The van der Waals surface area contributed by atoms with Gasteiger partial charge in [-0.3, -0.25) is 9.59 Å². The quantitative estimate of drug-likeness (QED) is 0.732. The van der Waals surface area contributed by atoms with E-state index in [-0.39, 0.29) is 23.7 Å². The van der Waals surface area contributed by atoms with Crippen LogP contribution in [0.5, 0.6) is 0 Å². The Labute approximate surface area is 128 Å². The van der Waals surface area contributed by atoms with Crippen molar-refractivity contribution in [1.82, 2.24) is 4.90 Å². The molecule has 0 spiro atoms. The molecule has 120 valence electrons. The van der Waals surface area contributed by atoms with Crippen LogP contribution in [0.4, 0.5) is 0 Å². The lowest BCUT2D eigenvalue weighted by Gasteiger charge is -2.30. The second-order valence-corrected chi connectivity index (χ2v) is 6.65. The van der Waals surface area contributed by atoms with E-state index in [1.54, 1.807) is 0 Å². The van der Waals surface area contributed by atoms with E-state index >= 15 is 0 Å². The molecule has 2 rings (SSSR count). The molecule has 1 unspecified atom stereocenters. The van der Waals surface area contributed by atoms with E-state index in [2.05, 4.69) is 6.92 Å². The summed E-state index contributed by atoms with van der Waals surface area (Å²) in [6, 6.07) is 0. The summed E-state index contributed by atoms with van der Waals surface area (Å²) in [5, 5.41) is 0. The molecule has 1 amide bonds. The molecule has 4 heteroatoms. The summed E-state index contributed by atoms with van der Waals surface area (Å²) >= 11 is 0. The highest BCUT2D eigenvalue weighted by atomic mass is 16.5. The molecular weight excluding hydrogens is 266 g/mol. The fourth-order valence-corrected chi connectivity index (χ4v) is 3.77. The minimum absolute atomic E-state index is 0.111. The van der Waals surface area contributed by atoms with Crippen molar-refractivity contribution in [2.45, 2.75) is 58.3 Å². The number of carbonyl (C=O) groups is 2. The van der Waals surface area contributed by atoms with Crippen molar-refractivity contribution in [2.24, 2.45) is 17.8 Å². The smallest absolute Gasteiger partial charge is 0.310 e. The number of methoxy groups -OCH3 is 1. The van der Waals surface area contributed by atoms with Crippen molar-refractivity contribution in [2.75, 3.05) is 20.2 Å². The summed E-state index contributed by atoms with van der Waals surface area (Å²) in [6.07, 6.45) is 9.13. The standard InChI is InChI=1S/C17H29NO3/c1-3-4-5-13-6-8-14(9-7-13)16(19)18-11-10-15(12-18)17(20)21-2/h13-15H,3-12H2,1-2H3. The predicted octanol–water partition coefficient (Wildman–Crippen LogP) is 3.00. The summed E-state index contributed by atoms with van der Waals surface area (Å²) < 4.78 is 4.78. The molecule has 1 aliphatic carbocycles. The van der Waals surface area contributed by atoms with Gasteiger partial charge in [0.1, 0.15) is 0 Å². The first-order valence-corrected chi connectivity index (χ1v) is 8.52. The number of amides is 1. The maximum atomic E-state index is 12.6. The van der Waals surface area contributed by atoms with Crippen LogP contribution in [0.3, 0.4) is 0 Å². The Hall–Kier alpha value is -1.06.